The highest BCUT2D eigenvalue weighted by molar-refractivity contribution is 5.80. The molecule has 1 aromatic heterocycles. The van der Waals surface area contributed by atoms with Gasteiger partial charge in [0.1, 0.15) is 5.82 Å². The Kier molecular flexibility index (Phi) is 3.67. The van der Waals surface area contributed by atoms with Gasteiger partial charge in [0.05, 0.1) is 18.3 Å². The van der Waals surface area contributed by atoms with Crippen LogP contribution in [0.4, 0.5) is 5.82 Å². The minimum absolute atomic E-state index is 0.0307. The fourth-order valence-corrected chi connectivity index (χ4v) is 4.76. The van der Waals surface area contributed by atoms with Crippen LogP contribution in [-0.2, 0) is 4.79 Å². The lowest BCUT2D eigenvalue weighted by molar-refractivity contribution is -0.132. The molecule has 26 heavy (non-hydrogen) atoms. The molecule has 1 aromatic carbocycles. The Morgan fingerprint density at radius 2 is 1.96 bits per heavy atom. The summed E-state index contributed by atoms with van der Waals surface area (Å²) in [5, 5.41) is 12.8. The van der Waals surface area contributed by atoms with Crippen molar-refractivity contribution in [2.45, 2.75) is 30.9 Å². The Morgan fingerprint density at radius 3 is 2.69 bits per heavy atom. The van der Waals surface area contributed by atoms with E-state index in [1.54, 1.807) is 18.6 Å². The highest BCUT2D eigenvalue weighted by atomic mass is 16.3. The number of hydrogen-bond acceptors (Lipinski definition) is 5. The molecule has 3 atom stereocenters. The Morgan fingerprint density at radius 1 is 1.15 bits per heavy atom. The number of aromatic nitrogens is 2. The van der Waals surface area contributed by atoms with Crippen LogP contribution in [0, 0.1) is 11.8 Å². The van der Waals surface area contributed by atoms with Gasteiger partial charge >= 0.3 is 0 Å². The highest BCUT2D eigenvalue weighted by Gasteiger charge is 2.47. The number of nitrogens with zero attached hydrogens (tertiary/aromatic N) is 3. The van der Waals surface area contributed by atoms with Gasteiger partial charge in [0, 0.05) is 43.2 Å². The number of amides is 1. The van der Waals surface area contributed by atoms with E-state index in [-0.39, 0.29) is 24.0 Å². The lowest BCUT2D eigenvalue weighted by Crippen LogP contribution is -2.43. The molecule has 0 spiro atoms. The zero-order valence-corrected chi connectivity index (χ0v) is 14.5. The van der Waals surface area contributed by atoms with Gasteiger partial charge in [-0.2, -0.15) is 0 Å². The Balaban J connectivity index is 1.40. The third-order valence-corrected chi connectivity index (χ3v) is 6.18. The molecule has 6 heteroatoms. The molecule has 2 N–H and O–H groups in total. The van der Waals surface area contributed by atoms with Gasteiger partial charge in [0.15, 0.2) is 0 Å². The van der Waals surface area contributed by atoms with E-state index in [1.165, 1.54) is 11.1 Å². The van der Waals surface area contributed by atoms with E-state index < -0.39 is 0 Å². The lowest BCUT2D eigenvalue weighted by Gasteiger charge is -2.32. The molecule has 1 saturated carbocycles. The summed E-state index contributed by atoms with van der Waals surface area (Å²) >= 11 is 0. The summed E-state index contributed by atoms with van der Waals surface area (Å²) in [5.74, 6) is 1.66. The van der Waals surface area contributed by atoms with Crippen LogP contribution >= 0.6 is 0 Å². The molecule has 5 rings (SSSR count). The SMILES string of the molecule is O=C(N[C@@H]1c2ccccc2[C@@H]2CN(c3cnccn3)C[C@H]12)C1CC(O)C1. The minimum atomic E-state index is -0.312. The van der Waals surface area contributed by atoms with Crippen molar-refractivity contribution in [2.24, 2.45) is 11.8 Å². The molecule has 2 aliphatic carbocycles. The van der Waals surface area contributed by atoms with Crippen LogP contribution < -0.4 is 10.2 Å². The van der Waals surface area contributed by atoms with Gasteiger partial charge in [-0.3, -0.25) is 9.78 Å². The van der Waals surface area contributed by atoms with Gasteiger partial charge in [-0.05, 0) is 24.0 Å². The summed E-state index contributed by atoms with van der Waals surface area (Å²) in [6, 6.07) is 8.48. The topological polar surface area (TPSA) is 78.4 Å². The predicted octanol–water partition coefficient (Wildman–Crippen LogP) is 1.64. The van der Waals surface area contributed by atoms with Crippen molar-refractivity contribution in [1.29, 1.82) is 0 Å². The molecular weight excluding hydrogens is 328 g/mol. The first-order chi connectivity index (χ1) is 12.7. The summed E-state index contributed by atoms with van der Waals surface area (Å²) in [4.78, 5) is 23.5. The summed E-state index contributed by atoms with van der Waals surface area (Å²) < 4.78 is 0. The van der Waals surface area contributed by atoms with Crippen molar-refractivity contribution in [3.63, 3.8) is 0 Å². The second-order valence-electron chi connectivity index (χ2n) is 7.68. The Hall–Kier alpha value is -2.47. The molecule has 6 nitrogen and oxygen atoms in total. The zero-order valence-electron chi connectivity index (χ0n) is 14.5. The average Bonchev–Trinajstić information content (AvgIpc) is 3.19. The van der Waals surface area contributed by atoms with Gasteiger partial charge in [0.2, 0.25) is 5.91 Å². The lowest BCUT2D eigenvalue weighted by atomic mass is 9.81. The maximum atomic E-state index is 12.6. The first-order valence-corrected chi connectivity index (χ1v) is 9.29. The fourth-order valence-electron chi connectivity index (χ4n) is 4.76. The highest BCUT2D eigenvalue weighted by Crippen LogP contribution is 2.50. The smallest absolute Gasteiger partial charge is 0.223 e. The van der Waals surface area contributed by atoms with Gasteiger partial charge in [-0.1, -0.05) is 24.3 Å². The number of fused-ring (bicyclic) bond motifs is 3. The number of rotatable bonds is 3. The summed E-state index contributed by atoms with van der Waals surface area (Å²) in [6.07, 6.45) is 6.06. The molecule has 1 amide bonds. The second-order valence-corrected chi connectivity index (χ2v) is 7.68. The van der Waals surface area contributed by atoms with E-state index >= 15 is 0 Å². The molecule has 134 valence electrons. The normalized spacial score (nSPS) is 31.9. The molecular formula is C20H22N4O2. The van der Waals surface area contributed by atoms with E-state index in [2.05, 4.69) is 38.4 Å². The number of hydrogen-bond donors (Lipinski definition) is 2. The fraction of sp³-hybridized carbons (Fsp3) is 0.450. The number of carbonyl (C=O) groups excluding carboxylic acids is 1. The van der Waals surface area contributed by atoms with Gasteiger partial charge < -0.3 is 15.3 Å². The van der Waals surface area contributed by atoms with Crippen molar-refractivity contribution < 1.29 is 9.90 Å². The molecule has 3 aliphatic rings. The number of aliphatic hydroxyl groups excluding tert-OH is 1. The average molecular weight is 350 g/mol. The van der Waals surface area contributed by atoms with E-state index in [0.29, 0.717) is 24.7 Å². The third-order valence-electron chi connectivity index (χ3n) is 6.18. The van der Waals surface area contributed by atoms with E-state index in [4.69, 9.17) is 0 Å². The quantitative estimate of drug-likeness (QED) is 0.880. The maximum Gasteiger partial charge on any atom is 0.223 e. The molecule has 2 heterocycles. The number of nitrogens with one attached hydrogen (secondary N) is 1. The van der Waals surface area contributed by atoms with Gasteiger partial charge in [-0.15, -0.1) is 0 Å². The van der Waals surface area contributed by atoms with Gasteiger partial charge in [-0.25, -0.2) is 4.98 Å². The van der Waals surface area contributed by atoms with Crippen LogP contribution in [-0.4, -0.2) is 40.2 Å². The standard InChI is InChI=1S/C20H22N4O2/c25-13-7-12(8-13)20(26)23-19-15-4-2-1-3-14(15)16-10-24(11-17(16)19)18-9-21-5-6-22-18/h1-6,9,12-13,16-17,19,25H,7-8,10-11H2,(H,23,26)/t12?,13?,16-,17-,19+/m0/s1. The first-order valence-electron chi connectivity index (χ1n) is 9.29. The van der Waals surface area contributed by atoms with E-state index in [0.717, 1.165) is 18.9 Å². The van der Waals surface area contributed by atoms with Crippen molar-refractivity contribution in [2.75, 3.05) is 18.0 Å². The van der Waals surface area contributed by atoms with Crippen LogP contribution in [0.2, 0.25) is 0 Å². The monoisotopic (exact) mass is 350 g/mol. The van der Waals surface area contributed by atoms with Crippen molar-refractivity contribution >= 4 is 11.7 Å². The predicted molar refractivity (Wildman–Crippen MR) is 96.5 cm³/mol. The largest absolute Gasteiger partial charge is 0.393 e. The first kappa shape index (κ1) is 15.8. The number of benzene rings is 1. The van der Waals surface area contributed by atoms with Crippen molar-refractivity contribution in [3.05, 3.63) is 54.0 Å². The van der Waals surface area contributed by atoms with Crippen LogP contribution in [0.3, 0.4) is 0 Å². The van der Waals surface area contributed by atoms with E-state index in [9.17, 15) is 9.90 Å². The van der Waals surface area contributed by atoms with E-state index in [1.807, 2.05) is 6.07 Å². The molecule has 2 fully saturated rings. The number of carbonyl (C=O) groups is 1. The summed E-state index contributed by atoms with van der Waals surface area (Å²) in [5.41, 5.74) is 2.58. The molecule has 0 radical (unpaired) electrons. The molecule has 0 unspecified atom stereocenters. The van der Waals surface area contributed by atoms with Crippen molar-refractivity contribution in [1.82, 2.24) is 15.3 Å². The molecule has 1 aliphatic heterocycles. The summed E-state index contributed by atoms with van der Waals surface area (Å²) in [6.45, 7) is 1.76. The Labute approximate surface area is 152 Å². The number of aliphatic hydroxyl groups is 1. The molecule has 0 bridgehead atoms. The van der Waals surface area contributed by atoms with Gasteiger partial charge in [0.25, 0.3) is 0 Å². The third kappa shape index (κ3) is 2.48. The minimum Gasteiger partial charge on any atom is -0.393 e. The number of anilines is 1. The summed E-state index contributed by atoms with van der Waals surface area (Å²) in [7, 11) is 0. The zero-order chi connectivity index (χ0) is 17.7. The van der Waals surface area contributed by atoms with Crippen LogP contribution in [0.25, 0.3) is 0 Å². The maximum absolute atomic E-state index is 12.6. The van der Waals surface area contributed by atoms with Crippen molar-refractivity contribution in [3.8, 4) is 0 Å². The molecule has 2 aromatic rings. The Bertz CT molecular complexity index is 822. The molecule has 1 saturated heterocycles. The second kappa shape index (κ2) is 6.06. The van der Waals surface area contributed by atoms with Crippen LogP contribution in [0.5, 0.6) is 0 Å². The van der Waals surface area contributed by atoms with Crippen LogP contribution in [0.1, 0.15) is 35.9 Å². The van der Waals surface area contributed by atoms with Crippen LogP contribution in [0.15, 0.2) is 42.9 Å².